The fraction of sp³-hybridized carbons (Fsp3) is 0.429. The zero-order valence-electron chi connectivity index (χ0n) is 25.8. The minimum atomic E-state index is -0.938. The van der Waals surface area contributed by atoms with Gasteiger partial charge in [-0.1, -0.05) is 67.1 Å². The van der Waals surface area contributed by atoms with E-state index in [1.807, 2.05) is 60.7 Å². The van der Waals surface area contributed by atoms with E-state index >= 15 is 0 Å². The van der Waals surface area contributed by atoms with Crippen LogP contribution in [0.4, 0.5) is 5.69 Å². The molecule has 3 N–H and O–H groups in total. The quantitative estimate of drug-likeness (QED) is 0.264. The molecule has 5 rings (SSSR count). The third-order valence-corrected chi connectivity index (χ3v) is 9.02. The number of halogens is 1. The van der Waals surface area contributed by atoms with Gasteiger partial charge < -0.3 is 34.6 Å². The molecule has 5 atom stereocenters. The molecule has 5 unspecified atom stereocenters. The summed E-state index contributed by atoms with van der Waals surface area (Å²) in [5.41, 5.74) is 3.04. The zero-order chi connectivity index (χ0) is 32.1. The second-order valence-corrected chi connectivity index (χ2v) is 12.5. The molecule has 0 aliphatic carbocycles. The van der Waals surface area contributed by atoms with Crippen molar-refractivity contribution in [2.24, 2.45) is 5.92 Å². The second kappa shape index (κ2) is 14.4. The van der Waals surface area contributed by atoms with Crippen molar-refractivity contribution in [2.45, 2.75) is 70.4 Å². The van der Waals surface area contributed by atoms with Crippen LogP contribution in [0.2, 0.25) is 5.02 Å². The number of amides is 1. The Morgan fingerprint density at radius 1 is 1.04 bits per heavy atom. The Balaban J connectivity index is 1.33. The maximum atomic E-state index is 12.6. The Morgan fingerprint density at radius 2 is 1.73 bits per heavy atom. The van der Waals surface area contributed by atoms with Gasteiger partial charge in [-0.05, 0) is 60.7 Å². The number of hydrogen-bond donors (Lipinski definition) is 3. The van der Waals surface area contributed by atoms with Gasteiger partial charge in [0.1, 0.15) is 0 Å². The summed E-state index contributed by atoms with van der Waals surface area (Å²) in [6, 6.07) is 22.4. The molecule has 0 saturated carbocycles. The van der Waals surface area contributed by atoms with Gasteiger partial charge in [-0.3, -0.25) is 9.59 Å². The zero-order valence-corrected chi connectivity index (χ0v) is 26.6. The Bertz CT molecular complexity index is 1460. The molecular formula is C35H41ClN2O7. The number of aliphatic hydroxyl groups excluding tert-OH is 1. The monoisotopic (exact) mass is 636 g/mol. The molecule has 45 heavy (non-hydrogen) atoms. The van der Waals surface area contributed by atoms with Crippen molar-refractivity contribution in [3.05, 3.63) is 100 Å². The van der Waals surface area contributed by atoms with Crippen LogP contribution in [0.15, 0.2) is 72.8 Å². The molecule has 2 aliphatic heterocycles. The first-order valence-electron chi connectivity index (χ1n) is 15.3. The Kier molecular flexibility index (Phi) is 10.6. The highest BCUT2D eigenvalue weighted by molar-refractivity contribution is 6.30. The summed E-state index contributed by atoms with van der Waals surface area (Å²) in [5.74, 6) is -0.979. The molecule has 2 saturated heterocycles. The van der Waals surface area contributed by atoms with Crippen LogP contribution in [0, 0.1) is 5.92 Å². The van der Waals surface area contributed by atoms with Crippen LogP contribution in [0.3, 0.4) is 0 Å². The van der Waals surface area contributed by atoms with Gasteiger partial charge in [0.25, 0.3) is 5.91 Å². The lowest BCUT2D eigenvalue weighted by Gasteiger charge is -2.45. The number of piperidine rings is 1. The summed E-state index contributed by atoms with van der Waals surface area (Å²) in [5, 5.41) is 24.4. The van der Waals surface area contributed by atoms with E-state index in [1.54, 1.807) is 12.1 Å². The number of carbonyl (C=O) groups excluding carboxylic acids is 2. The molecule has 2 aliphatic rings. The number of likely N-dealkylation sites (tertiary alicyclic amines) is 1. The molecule has 2 heterocycles. The average molecular weight is 637 g/mol. The van der Waals surface area contributed by atoms with Crippen LogP contribution < -0.4 is 5.32 Å². The molecule has 0 aromatic heterocycles. The van der Waals surface area contributed by atoms with E-state index in [0.717, 1.165) is 22.3 Å². The molecule has 1 amide bonds. The van der Waals surface area contributed by atoms with Gasteiger partial charge in [0.05, 0.1) is 24.4 Å². The van der Waals surface area contributed by atoms with Gasteiger partial charge in [-0.2, -0.15) is 0 Å². The van der Waals surface area contributed by atoms with Crippen LogP contribution >= 0.6 is 11.6 Å². The fourth-order valence-corrected chi connectivity index (χ4v) is 6.17. The van der Waals surface area contributed by atoms with E-state index in [1.165, 1.54) is 13.8 Å². The van der Waals surface area contributed by atoms with Crippen molar-refractivity contribution >= 4 is 29.2 Å². The predicted molar refractivity (Wildman–Crippen MR) is 170 cm³/mol. The van der Waals surface area contributed by atoms with Crippen LogP contribution in [-0.4, -0.2) is 58.8 Å². The smallest absolute Gasteiger partial charge is 0.303 e. The van der Waals surface area contributed by atoms with Crippen LogP contribution in [-0.2, 0) is 36.0 Å². The topological polar surface area (TPSA) is 118 Å². The van der Waals surface area contributed by atoms with Crippen LogP contribution in [0.1, 0.15) is 68.3 Å². The van der Waals surface area contributed by atoms with Crippen LogP contribution in [0.5, 0.6) is 0 Å². The summed E-state index contributed by atoms with van der Waals surface area (Å²) >= 11 is 6.07. The Hall–Kier alpha value is -3.31. The van der Waals surface area contributed by atoms with E-state index in [2.05, 4.69) is 17.1 Å². The highest BCUT2D eigenvalue weighted by Crippen LogP contribution is 2.43. The molecule has 0 radical (unpaired) electrons. The number of esters is 1. The first kappa shape index (κ1) is 33.1. The highest BCUT2D eigenvalue weighted by Gasteiger charge is 2.41. The molecule has 0 spiro atoms. The Labute approximate surface area is 269 Å². The lowest BCUT2D eigenvalue weighted by Crippen LogP contribution is -2.49. The minimum Gasteiger partial charge on any atom is -0.453 e. The SMILES string of the molecule is CC(=O)OC(C)C(=O)Nc1cccc(C2OC(CN3CCC(O)(c4ccc(Cl)cc4)CC3)C(C)C(c3ccc(CO)cc3)O2)c1. The van der Waals surface area contributed by atoms with Crippen molar-refractivity contribution in [1.82, 2.24) is 4.90 Å². The molecule has 240 valence electrons. The molecule has 10 heteroatoms. The number of nitrogens with zero attached hydrogens (tertiary/aromatic N) is 1. The number of benzene rings is 3. The fourth-order valence-electron chi connectivity index (χ4n) is 6.05. The van der Waals surface area contributed by atoms with Gasteiger partial charge in [-0.15, -0.1) is 0 Å². The number of nitrogens with one attached hydrogen (secondary N) is 1. The van der Waals surface area contributed by atoms with E-state index in [4.69, 9.17) is 25.8 Å². The number of carbonyl (C=O) groups is 2. The molecular weight excluding hydrogens is 596 g/mol. The third kappa shape index (κ3) is 8.10. The van der Waals surface area contributed by atoms with Crippen molar-refractivity contribution in [3.8, 4) is 0 Å². The summed E-state index contributed by atoms with van der Waals surface area (Å²) in [6.07, 6.45) is -0.960. The number of anilines is 1. The standard InChI is InChI=1S/C35H41ClN2O7/c1-22-31(20-38-17-15-35(42,16-18-38)28-11-13-29(36)14-12-28)44-34(45-32(22)26-9-7-25(21-39)8-10-26)27-5-4-6-30(19-27)37-33(41)23(2)43-24(3)40/h4-14,19,22-23,31-32,34,39,42H,15-18,20-21H2,1-3H3,(H,37,41). The molecule has 3 aromatic carbocycles. The molecule has 3 aromatic rings. The first-order chi connectivity index (χ1) is 21.5. The van der Waals surface area contributed by atoms with Crippen LogP contribution in [0.25, 0.3) is 0 Å². The van der Waals surface area contributed by atoms with Crippen molar-refractivity contribution < 1.29 is 34.0 Å². The number of ether oxygens (including phenoxy) is 3. The third-order valence-electron chi connectivity index (χ3n) is 8.76. The molecule has 0 bridgehead atoms. The lowest BCUT2D eigenvalue weighted by atomic mass is 9.84. The van der Waals surface area contributed by atoms with E-state index in [-0.39, 0.29) is 24.7 Å². The molecule has 9 nitrogen and oxygen atoms in total. The Morgan fingerprint density at radius 3 is 2.38 bits per heavy atom. The second-order valence-electron chi connectivity index (χ2n) is 12.0. The van der Waals surface area contributed by atoms with Gasteiger partial charge in [0.15, 0.2) is 12.4 Å². The summed E-state index contributed by atoms with van der Waals surface area (Å²) < 4.78 is 18.2. The first-order valence-corrected chi connectivity index (χ1v) is 15.7. The maximum Gasteiger partial charge on any atom is 0.303 e. The number of hydrogen-bond acceptors (Lipinski definition) is 8. The average Bonchev–Trinajstić information content (AvgIpc) is 3.03. The summed E-state index contributed by atoms with van der Waals surface area (Å²) in [7, 11) is 0. The lowest BCUT2D eigenvalue weighted by molar-refractivity contribution is -0.277. The van der Waals surface area contributed by atoms with E-state index < -0.39 is 29.9 Å². The maximum absolute atomic E-state index is 12.6. The predicted octanol–water partition coefficient (Wildman–Crippen LogP) is 5.50. The van der Waals surface area contributed by atoms with Gasteiger partial charge in [-0.25, -0.2) is 0 Å². The van der Waals surface area contributed by atoms with Gasteiger partial charge in [0, 0.05) is 48.7 Å². The molecule has 2 fully saturated rings. The van der Waals surface area contributed by atoms with E-state index in [0.29, 0.717) is 43.2 Å². The summed E-state index contributed by atoms with van der Waals surface area (Å²) in [6.45, 7) is 6.91. The summed E-state index contributed by atoms with van der Waals surface area (Å²) in [4.78, 5) is 26.2. The van der Waals surface area contributed by atoms with Gasteiger partial charge >= 0.3 is 5.97 Å². The highest BCUT2D eigenvalue weighted by atomic mass is 35.5. The van der Waals surface area contributed by atoms with Gasteiger partial charge in [0.2, 0.25) is 0 Å². The normalized spacial score (nSPS) is 24.0. The van der Waals surface area contributed by atoms with Crippen molar-refractivity contribution in [1.29, 1.82) is 0 Å². The largest absolute Gasteiger partial charge is 0.453 e. The van der Waals surface area contributed by atoms with Crippen molar-refractivity contribution in [2.75, 3.05) is 25.0 Å². The number of aliphatic hydroxyl groups is 2. The minimum absolute atomic E-state index is 0.00855. The van der Waals surface area contributed by atoms with Crippen molar-refractivity contribution in [3.63, 3.8) is 0 Å². The number of rotatable bonds is 9. The van der Waals surface area contributed by atoms with E-state index in [9.17, 15) is 19.8 Å².